The number of ether oxygens (including phenoxy) is 1. The summed E-state index contributed by atoms with van der Waals surface area (Å²) in [5, 5.41) is 3.11. The summed E-state index contributed by atoms with van der Waals surface area (Å²) in [6.45, 7) is 3.51. The van der Waals surface area contributed by atoms with Crippen molar-refractivity contribution in [2.75, 3.05) is 46.4 Å². The normalized spacial score (nSPS) is 27.5. The fourth-order valence-electron chi connectivity index (χ4n) is 2.80. The summed E-state index contributed by atoms with van der Waals surface area (Å²) in [4.78, 5) is 0. The minimum atomic E-state index is -3.31. The van der Waals surface area contributed by atoms with Crippen LogP contribution in [0.15, 0.2) is 0 Å². The van der Waals surface area contributed by atoms with E-state index in [2.05, 4.69) is 5.32 Å². The zero-order valence-electron chi connectivity index (χ0n) is 11.7. The molecule has 1 N–H and O–H groups in total. The predicted molar refractivity (Wildman–Crippen MR) is 74.2 cm³/mol. The van der Waals surface area contributed by atoms with Crippen LogP contribution in [-0.4, -0.2) is 69.5 Å². The second kappa shape index (κ2) is 6.99. The third-order valence-electron chi connectivity index (χ3n) is 3.89. The van der Waals surface area contributed by atoms with Gasteiger partial charge < -0.3 is 10.1 Å². The molecule has 0 amide bonds. The van der Waals surface area contributed by atoms with E-state index < -0.39 is 10.2 Å². The van der Waals surface area contributed by atoms with Gasteiger partial charge in [-0.1, -0.05) is 6.42 Å². The van der Waals surface area contributed by atoms with Crippen molar-refractivity contribution in [2.24, 2.45) is 0 Å². The van der Waals surface area contributed by atoms with Gasteiger partial charge in [0, 0.05) is 25.7 Å². The Bertz CT molecular complexity index is 368. The number of rotatable bonds is 5. The molecule has 0 aliphatic carbocycles. The Kier molecular flexibility index (Phi) is 5.58. The van der Waals surface area contributed by atoms with Gasteiger partial charge in [-0.25, -0.2) is 0 Å². The number of hydrogen-bond acceptors (Lipinski definition) is 4. The number of nitrogens with zero attached hydrogens (tertiary/aromatic N) is 2. The summed E-state index contributed by atoms with van der Waals surface area (Å²) in [5.41, 5.74) is 0. The third kappa shape index (κ3) is 3.66. The molecule has 2 aliphatic rings. The molecule has 2 heterocycles. The summed E-state index contributed by atoms with van der Waals surface area (Å²) in [5.74, 6) is 0. The van der Waals surface area contributed by atoms with Crippen LogP contribution in [-0.2, 0) is 14.9 Å². The van der Waals surface area contributed by atoms with Gasteiger partial charge in [0.25, 0.3) is 10.2 Å². The molecule has 2 aliphatic heterocycles. The largest absolute Gasteiger partial charge is 0.379 e. The highest BCUT2D eigenvalue weighted by Gasteiger charge is 2.36. The van der Waals surface area contributed by atoms with E-state index in [1.165, 1.54) is 0 Å². The van der Waals surface area contributed by atoms with E-state index in [1.807, 2.05) is 7.05 Å². The molecule has 2 saturated heterocycles. The molecule has 1 atom stereocenters. The third-order valence-corrected chi connectivity index (χ3v) is 5.98. The summed E-state index contributed by atoms with van der Waals surface area (Å²) in [6, 6.07) is 0.147. The predicted octanol–water partition coefficient (Wildman–Crippen LogP) is 0.0274. The first-order valence-electron chi connectivity index (χ1n) is 7.15. The first-order valence-corrected chi connectivity index (χ1v) is 8.55. The molecule has 112 valence electrons. The molecule has 1 unspecified atom stereocenters. The molecule has 0 aromatic heterocycles. The molecule has 0 saturated carbocycles. The molecular weight excluding hydrogens is 266 g/mol. The molecule has 0 aromatic carbocycles. The lowest BCUT2D eigenvalue weighted by molar-refractivity contribution is 0.0680. The Labute approximate surface area is 116 Å². The summed E-state index contributed by atoms with van der Waals surface area (Å²) >= 11 is 0. The lowest BCUT2D eigenvalue weighted by atomic mass is 10.0. The van der Waals surface area contributed by atoms with Crippen LogP contribution in [0.5, 0.6) is 0 Å². The maximum Gasteiger partial charge on any atom is 0.282 e. The van der Waals surface area contributed by atoms with Gasteiger partial charge in [0.05, 0.1) is 13.2 Å². The molecule has 6 nitrogen and oxygen atoms in total. The lowest BCUT2D eigenvalue weighted by Gasteiger charge is -2.39. The van der Waals surface area contributed by atoms with Gasteiger partial charge in [-0.2, -0.15) is 17.0 Å². The highest BCUT2D eigenvalue weighted by atomic mass is 32.2. The molecule has 19 heavy (non-hydrogen) atoms. The first kappa shape index (κ1) is 15.2. The lowest BCUT2D eigenvalue weighted by Crippen LogP contribution is -2.53. The number of morpholine rings is 1. The zero-order valence-corrected chi connectivity index (χ0v) is 12.5. The van der Waals surface area contributed by atoms with Crippen LogP contribution in [0.2, 0.25) is 0 Å². The Morgan fingerprint density at radius 1 is 1.21 bits per heavy atom. The second-order valence-electron chi connectivity index (χ2n) is 5.17. The molecule has 2 rings (SSSR count). The van der Waals surface area contributed by atoms with Gasteiger partial charge in [0.2, 0.25) is 0 Å². The van der Waals surface area contributed by atoms with Crippen molar-refractivity contribution >= 4 is 10.2 Å². The SMILES string of the molecule is CNCCC1CCCCN1S(=O)(=O)N1CCOCC1. The first-order chi connectivity index (χ1) is 9.16. The maximum absolute atomic E-state index is 12.7. The monoisotopic (exact) mass is 291 g/mol. The molecule has 2 fully saturated rings. The van der Waals surface area contributed by atoms with Gasteiger partial charge in [0.1, 0.15) is 0 Å². The fraction of sp³-hybridized carbons (Fsp3) is 1.00. The Morgan fingerprint density at radius 3 is 2.63 bits per heavy atom. The van der Waals surface area contributed by atoms with E-state index in [1.54, 1.807) is 8.61 Å². The number of hydrogen-bond donors (Lipinski definition) is 1. The van der Waals surface area contributed by atoms with Crippen molar-refractivity contribution in [1.29, 1.82) is 0 Å². The van der Waals surface area contributed by atoms with Crippen LogP contribution in [0.4, 0.5) is 0 Å². The van der Waals surface area contributed by atoms with Gasteiger partial charge in [0.15, 0.2) is 0 Å². The van der Waals surface area contributed by atoms with Crippen LogP contribution in [0.3, 0.4) is 0 Å². The Morgan fingerprint density at radius 2 is 1.95 bits per heavy atom. The van der Waals surface area contributed by atoms with Gasteiger partial charge in [-0.15, -0.1) is 0 Å². The maximum atomic E-state index is 12.7. The van der Waals surface area contributed by atoms with E-state index in [4.69, 9.17) is 4.74 Å². The van der Waals surface area contributed by atoms with Gasteiger partial charge in [-0.3, -0.25) is 0 Å². The standard InChI is InChI=1S/C12H25N3O3S/c1-13-6-5-12-4-2-3-7-15(12)19(16,17)14-8-10-18-11-9-14/h12-13H,2-11H2,1H3. The minimum absolute atomic E-state index is 0.147. The van der Waals surface area contributed by atoms with Crippen LogP contribution in [0.1, 0.15) is 25.7 Å². The van der Waals surface area contributed by atoms with E-state index in [0.29, 0.717) is 32.8 Å². The van der Waals surface area contributed by atoms with E-state index in [0.717, 1.165) is 32.2 Å². The highest BCUT2D eigenvalue weighted by Crippen LogP contribution is 2.24. The van der Waals surface area contributed by atoms with E-state index in [-0.39, 0.29) is 6.04 Å². The van der Waals surface area contributed by atoms with Crippen molar-refractivity contribution in [1.82, 2.24) is 13.9 Å². The van der Waals surface area contributed by atoms with Gasteiger partial charge >= 0.3 is 0 Å². The van der Waals surface area contributed by atoms with Crippen LogP contribution >= 0.6 is 0 Å². The highest BCUT2D eigenvalue weighted by molar-refractivity contribution is 7.86. The molecule has 0 bridgehead atoms. The molecular formula is C12H25N3O3S. The average Bonchev–Trinajstić information content (AvgIpc) is 2.46. The molecule has 0 spiro atoms. The summed E-state index contributed by atoms with van der Waals surface area (Å²) < 4.78 is 33.9. The Hall–Kier alpha value is -0.210. The fourth-order valence-corrected chi connectivity index (χ4v) is 4.66. The molecule has 0 aromatic rings. The van der Waals surface area contributed by atoms with Crippen LogP contribution in [0, 0.1) is 0 Å². The summed E-state index contributed by atoms with van der Waals surface area (Å²) in [7, 11) is -1.40. The second-order valence-corrected chi connectivity index (χ2v) is 7.05. The molecule has 7 heteroatoms. The van der Waals surface area contributed by atoms with Crippen molar-refractivity contribution in [3.63, 3.8) is 0 Å². The average molecular weight is 291 g/mol. The smallest absolute Gasteiger partial charge is 0.282 e. The van der Waals surface area contributed by atoms with E-state index >= 15 is 0 Å². The van der Waals surface area contributed by atoms with Gasteiger partial charge in [-0.05, 0) is 32.9 Å². The molecule has 0 radical (unpaired) electrons. The topological polar surface area (TPSA) is 61.9 Å². The van der Waals surface area contributed by atoms with E-state index in [9.17, 15) is 8.42 Å². The minimum Gasteiger partial charge on any atom is -0.379 e. The van der Waals surface area contributed by atoms with Crippen molar-refractivity contribution in [3.8, 4) is 0 Å². The summed E-state index contributed by atoms with van der Waals surface area (Å²) in [6.07, 6.45) is 3.97. The van der Waals surface area contributed by atoms with Crippen LogP contribution in [0.25, 0.3) is 0 Å². The Balaban J connectivity index is 2.06. The number of piperidine rings is 1. The van der Waals surface area contributed by atoms with Crippen molar-refractivity contribution in [2.45, 2.75) is 31.7 Å². The number of nitrogens with one attached hydrogen (secondary N) is 1. The van der Waals surface area contributed by atoms with Crippen LogP contribution < -0.4 is 5.32 Å². The quantitative estimate of drug-likeness (QED) is 0.776. The zero-order chi connectivity index (χ0) is 13.7. The van der Waals surface area contributed by atoms with Crippen molar-refractivity contribution < 1.29 is 13.2 Å². The van der Waals surface area contributed by atoms with Crippen molar-refractivity contribution in [3.05, 3.63) is 0 Å².